The number of aliphatic hydroxyl groups is 1. The number of hydrogen-bond acceptors (Lipinski definition) is 8. The van der Waals surface area contributed by atoms with E-state index in [1.165, 1.54) is 13.1 Å². The van der Waals surface area contributed by atoms with Gasteiger partial charge in [0.05, 0.1) is 12.7 Å². The van der Waals surface area contributed by atoms with Crippen molar-refractivity contribution in [1.82, 2.24) is 9.55 Å². The van der Waals surface area contributed by atoms with Crippen molar-refractivity contribution in [3.63, 3.8) is 0 Å². The first kappa shape index (κ1) is 23.7. The Balaban J connectivity index is 0.00000242. The van der Waals surface area contributed by atoms with Crippen molar-refractivity contribution in [2.75, 3.05) is 6.61 Å². The van der Waals surface area contributed by atoms with E-state index in [0.717, 1.165) is 4.57 Å². The Morgan fingerprint density at radius 1 is 1.57 bits per heavy atom. The summed E-state index contributed by atoms with van der Waals surface area (Å²) in [4.78, 5) is 34.4. The molecule has 4 unspecified atom stereocenters. The Hall–Kier alpha value is 0.710. The van der Waals surface area contributed by atoms with Crippen LogP contribution in [-0.2, 0) is 13.8 Å². The molecule has 1 saturated heterocycles. The van der Waals surface area contributed by atoms with Gasteiger partial charge in [0.1, 0.15) is 12.3 Å². The molecule has 4 atom stereocenters. The number of aliphatic hydroxyl groups excluding tert-OH is 1. The molecule has 0 radical (unpaired) electrons. The molecule has 13 heteroatoms. The smallest absolute Gasteiger partial charge is 0.858 e. The second-order valence-electron chi connectivity index (χ2n) is 4.58. The maximum Gasteiger partial charge on any atom is 1.00 e. The Labute approximate surface area is 175 Å². The van der Waals surface area contributed by atoms with Crippen LogP contribution in [0.4, 0.5) is 0 Å². The monoisotopic (exact) mass is 366 g/mol. The summed E-state index contributed by atoms with van der Waals surface area (Å²) in [5.74, 6) is -0.667. The van der Waals surface area contributed by atoms with Gasteiger partial charge in [-0.05, 0) is 18.4 Å². The number of aryl methyl sites for hydroxylation is 1. The van der Waals surface area contributed by atoms with Crippen LogP contribution in [0, 0.1) is 6.92 Å². The third-order valence-corrected chi connectivity index (χ3v) is 3.56. The van der Waals surface area contributed by atoms with Gasteiger partial charge in [0.15, 0.2) is 0 Å². The second kappa shape index (κ2) is 9.42. The molecule has 0 spiro atoms. The number of rotatable bonds is 4. The van der Waals surface area contributed by atoms with Crippen LogP contribution in [0.3, 0.4) is 0 Å². The molecule has 1 aromatic rings. The van der Waals surface area contributed by atoms with Crippen molar-refractivity contribution < 1.29 is 92.9 Å². The topological polar surface area (TPSA) is 157 Å². The number of phosphoric acid groups is 1. The summed E-state index contributed by atoms with van der Waals surface area (Å²) in [7, 11) is -5.01. The van der Waals surface area contributed by atoms with Gasteiger partial charge in [-0.1, -0.05) is 0 Å². The van der Waals surface area contributed by atoms with E-state index in [9.17, 15) is 19.4 Å². The average molecular weight is 366 g/mol. The minimum absolute atomic E-state index is 0. The van der Waals surface area contributed by atoms with E-state index in [4.69, 9.17) is 14.7 Å². The first-order valence-corrected chi connectivity index (χ1v) is 7.46. The number of ether oxygens (including phenoxy) is 1. The van der Waals surface area contributed by atoms with Crippen LogP contribution >= 0.6 is 7.82 Å². The molecule has 10 nitrogen and oxygen atoms in total. The van der Waals surface area contributed by atoms with Gasteiger partial charge in [-0.25, -0.2) is 9.78 Å². The maximum atomic E-state index is 11.7. The predicted molar refractivity (Wildman–Crippen MR) is 63.0 cm³/mol. The average Bonchev–Trinajstić information content (AvgIpc) is 2.74. The summed E-state index contributed by atoms with van der Waals surface area (Å²) in [5.41, 5.74) is -0.651. The molecular formula is C10H13N2Na2O8P. The quantitative estimate of drug-likeness (QED) is 0.390. The molecule has 0 saturated carbocycles. The molecule has 1 aromatic heterocycles. The summed E-state index contributed by atoms with van der Waals surface area (Å²) in [6, 6.07) is 0. The van der Waals surface area contributed by atoms with Crippen molar-refractivity contribution >= 4 is 7.82 Å². The van der Waals surface area contributed by atoms with Crippen molar-refractivity contribution in [2.24, 2.45) is 0 Å². The SMILES string of the molecule is Cc1cn(C2CC(OP(=O)([O-])O)C(CO)O2)c(=O)nc1[O-].[Na+].[Na+]. The van der Waals surface area contributed by atoms with E-state index in [2.05, 4.69) is 9.51 Å². The van der Waals surface area contributed by atoms with Crippen molar-refractivity contribution in [3.8, 4) is 5.88 Å². The number of nitrogens with zero attached hydrogens (tertiary/aromatic N) is 2. The summed E-state index contributed by atoms with van der Waals surface area (Å²) in [6.07, 6.45) is -2.03. The van der Waals surface area contributed by atoms with Crippen LogP contribution in [-0.4, -0.2) is 38.4 Å². The number of hydrogen-bond donors (Lipinski definition) is 2. The molecule has 118 valence electrons. The van der Waals surface area contributed by atoms with E-state index < -0.39 is 44.4 Å². The van der Waals surface area contributed by atoms with E-state index >= 15 is 0 Å². The fourth-order valence-corrected chi connectivity index (χ4v) is 2.64. The summed E-state index contributed by atoms with van der Waals surface area (Å²) in [6.45, 7) is 0.888. The molecule has 1 aliphatic rings. The van der Waals surface area contributed by atoms with Crippen LogP contribution in [0.25, 0.3) is 0 Å². The zero-order valence-corrected chi connectivity index (χ0v) is 17.8. The van der Waals surface area contributed by atoms with Gasteiger partial charge in [-0.15, -0.1) is 0 Å². The van der Waals surface area contributed by atoms with Crippen LogP contribution in [0.1, 0.15) is 18.2 Å². The number of aromatic nitrogens is 2. The molecular weight excluding hydrogens is 353 g/mol. The molecule has 0 aromatic carbocycles. The third kappa shape index (κ3) is 6.18. The standard InChI is InChI=1S/C10H15N2O8P.2Na/c1-5-3-12(10(15)11-9(5)14)8-2-6(7(4-13)19-8)20-21(16,17)18;;/h3,6-8,13H,2,4H2,1H3,(H,11,14,15)(H2,16,17,18);;/q;2*+1/p-2. The maximum absolute atomic E-state index is 11.7. The molecule has 23 heavy (non-hydrogen) atoms. The van der Waals surface area contributed by atoms with Gasteiger partial charge >= 0.3 is 64.8 Å². The van der Waals surface area contributed by atoms with Crippen LogP contribution < -0.4 is 74.8 Å². The predicted octanol–water partition coefficient (Wildman–Crippen LogP) is -8.24. The van der Waals surface area contributed by atoms with Crippen LogP contribution in [0.5, 0.6) is 5.88 Å². The van der Waals surface area contributed by atoms with Crippen molar-refractivity contribution in [2.45, 2.75) is 31.8 Å². The first-order valence-electron chi connectivity index (χ1n) is 5.96. The van der Waals surface area contributed by atoms with Gasteiger partial charge in [0, 0.05) is 12.6 Å². The zero-order chi connectivity index (χ0) is 15.8. The summed E-state index contributed by atoms with van der Waals surface area (Å²) in [5, 5.41) is 20.4. The first-order chi connectivity index (χ1) is 9.71. The van der Waals surface area contributed by atoms with Crippen molar-refractivity contribution in [3.05, 3.63) is 22.2 Å². The van der Waals surface area contributed by atoms with E-state index in [-0.39, 0.29) is 71.1 Å². The van der Waals surface area contributed by atoms with E-state index in [0.29, 0.717) is 0 Å². The van der Waals surface area contributed by atoms with Gasteiger partial charge in [-0.3, -0.25) is 9.13 Å². The summed E-state index contributed by atoms with van der Waals surface area (Å²) < 4.78 is 21.5. The number of phosphoric ester groups is 1. The minimum atomic E-state index is -5.01. The Kier molecular flexibility index (Phi) is 9.71. The molecule has 0 bridgehead atoms. The Morgan fingerprint density at radius 3 is 2.70 bits per heavy atom. The fourth-order valence-electron chi connectivity index (χ4n) is 2.08. The molecule has 2 heterocycles. The van der Waals surface area contributed by atoms with Gasteiger partial charge in [0.25, 0.3) is 7.82 Å². The molecule has 2 rings (SSSR count). The van der Waals surface area contributed by atoms with E-state index in [1.54, 1.807) is 0 Å². The zero-order valence-electron chi connectivity index (χ0n) is 12.9. The van der Waals surface area contributed by atoms with Crippen molar-refractivity contribution in [1.29, 1.82) is 0 Å². The van der Waals surface area contributed by atoms with E-state index in [1.807, 2.05) is 0 Å². The molecule has 1 aliphatic heterocycles. The fraction of sp³-hybridized carbons (Fsp3) is 0.600. The van der Waals surface area contributed by atoms with Crippen LogP contribution in [0.2, 0.25) is 0 Å². The minimum Gasteiger partial charge on any atom is -0.858 e. The second-order valence-corrected chi connectivity index (χ2v) is 5.73. The Morgan fingerprint density at radius 2 is 2.17 bits per heavy atom. The normalized spacial score (nSPS) is 26.0. The molecule has 2 N–H and O–H groups in total. The van der Waals surface area contributed by atoms with Gasteiger partial charge < -0.3 is 29.3 Å². The largest absolute Gasteiger partial charge is 1.00 e. The molecule has 0 amide bonds. The molecule has 1 fully saturated rings. The summed E-state index contributed by atoms with van der Waals surface area (Å²) >= 11 is 0. The van der Waals surface area contributed by atoms with Crippen LogP contribution in [0.15, 0.2) is 11.0 Å². The Bertz CT molecular complexity index is 636. The van der Waals surface area contributed by atoms with Gasteiger partial charge in [-0.2, -0.15) is 0 Å². The molecule has 0 aliphatic carbocycles. The third-order valence-electron chi connectivity index (χ3n) is 3.03. The van der Waals surface area contributed by atoms with Gasteiger partial charge in [0.2, 0.25) is 0 Å².